The zero-order valence-electron chi connectivity index (χ0n) is 37.3. The number of nitrogens with two attached hydrogens (primary N) is 1. The van der Waals surface area contributed by atoms with E-state index < -0.39 is 51.1 Å². The number of carboxylic acids is 1. The van der Waals surface area contributed by atoms with E-state index in [4.69, 9.17) is 24.8 Å². The number of phosphoric ester groups is 1. The van der Waals surface area contributed by atoms with Crippen LogP contribution in [-0.4, -0.2) is 59.9 Å². The molecular weight excluding hydrogens is 769 g/mol. The Balaban J connectivity index is 4.24. The first-order valence-corrected chi connectivity index (χ1v) is 25.0. The Morgan fingerprint density at radius 1 is 0.525 bits per heavy atom. The van der Waals surface area contributed by atoms with E-state index in [1.807, 2.05) is 0 Å². The van der Waals surface area contributed by atoms with E-state index in [1.165, 1.54) is 109 Å². The highest BCUT2D eigenvalue weighted by Crippen LogP contribution is 2.43. The van der Waals surface area contributed by atoms with Crippen LogP contribution in [0.1, 0.15) is 213 Å². The monoisotopic (exact) mass is 856 g/mol. The molecular formula is C47H86NO10P. The average Bonchev–Trinajstić information content (AvgIpc) is 3.21. The number of unbranched alkanes of at least 4 members (excludes halogenated alkanes) is 24. The molecule has 0 aliphatic heterocycles. The zero-order valence-corrected chi connectivity index (χ0v) is 38.2. The highest BCUT2D eigenvalue weighted by Gasteiger charge is 2.28. The lowest BCUT2D eigenvalue weighted by atomic mass is 10.0. The van der Waals surface area contributed by atoms with Gasteiger partial charge in [-0.1, -0.05) is 166 Å². The molecule has 0 saturated heterocycles. The van der Waals surface area contributed by atoms with Crippen molar-refractivity contribution in [1.29, 1.82) is 0 Å². The van der Waals surface area contributed by atoms with E-state index in [1.54, 1.807) is 0 Å². The number of rotatable bonds is 44. The minimum atomic E-state index is -4.72. The molecule has 0 aromatic rings. The van der Waals surface area contributed by atoms with Crippen LogP contribution in [0, 0.1) is 0 Å². The smallest absolute Gasteiger partial charge is 0.472 e. The summed E-state index contributed by atoms with van der Waals surface area (Å²) in [7, 11) is -4.72. The van der Waals surface area contributed by atoms with Gasteiger partial charge in [0.05, 0.1) is 13.2 Å². The molecule has 4 N–H and O–H groups in total. The number of carbonyl (C=O) groups excluding carboxylic acids is 2. The molecule has 0 heterocycles. The van der Waals surface area contributed by atoms with Gasteiger partial charge in [-0.2, -0.15) is 0 Å². The van der Waals surface area contributed by atoms with Gasteiger partial charge in [-0.3, -0.25) is 23.4 Å². The standard InChI is InChI=1S/C47H86NO10P/c1-3-5-7-9-11-13-15-17-18-19-20-21-22-23-24-25-26-27-29-31-33-35-37-39-46(50)58-43(41-56-59(53,54)57-42-44(48)47(51)52)40-55-45(49)38-36-34-32-30-28-16-14-12-10-8-6-4-2/h12,14-15,17,19-20,43-44H,3-11,13,16,18,21-42,48H2,1-2H3,(H,51,52)(H,53,54)/b14-12-,17-15-,20-19-. The van der Waals surface area contributed by atoms with E-state index >= 15 is 0 Å². The fourth-order valence-electron chi connectivity index (χ4n) is 6.38. The fraction of sp³-hybridized carbons (Fsp3) is 0.809. The number of allylic oxidation sites excluding steroid dienone is 6. The largest absolute Gasteiger partial charge is 0.480 e. The van der Waals surface area contributed by atoms with Crippen molar-refractivity contribution >= 4 is 25.7 Å². The number of hydrogen-bond acceptors (Lipinski definition) is 9. The second-order valence-corrected chi connectivity index (χ2v) is 17.3. The number of phosphoric acid groups is 1. The van der Waals surface area contributed by atoms with Crippen molar-refractivity contribution < 1.29 is 47.5 Å². The molecule has 0 rings (SSSR count). The van der Waals surface area contributed by atoms with Crippen molar-refractivity contribution in [2.24, 2.45) is 5.73 Å². The highest BCUT2D eigenvalue weighted by atomic mass is 31.2. The first-order valence-electron chi connectivity index (χ1n) is 23.5. The summed E-state index contributed by atoms with van der Waals surface area (Å²) < 4.78 is 32.7. The molecule has 11 nitrogen and oxygen atoms in total. The van der Waals surface area contributed by atoms with Gasteiger partial charge in [0.15, 0.2) is 6.10 Å². The van der Waals surface area contributed by atoms with Gasteiger partial charge < -0.3 is 25.2 Å². The third-order valence-corrected chi connectivity index (χ3v) is 11.1. The van der Waals surface area contributed by atoms with Crippen molar-refractivity contribution in [3.63, 3.8) is 0 Å². The lowest BCUT2D eigenvalue weighted by Crippen LogP contribution is -2.34. The Bertz CT molecular complexity index is 1140. The number of carboxylic acid groups (broad SMARTS) is 1. The van der Waals surface area contributed by atoms with Crippen LogP contribution < -0.4 is 5.73 Å². The Morgan fingerprint density at radius 2 is 0.898 bits per heavy atom. The molecule has 0 amide bonds. The summed E-state index contributed by atoms with van der Waals surface area (Å²) in [6.45, 7) is 2.77. The SMILES string of the molecule is CCCCC/C=C\CCCCCCCC(=O)OCC(COP(=O)(O)OCC(N)C(=O)O)OC(=O)CCCCCCCCCCCCC/C=C\C/C=C\CCCCCCC. The molecule has 0 aromatic heterocycles. The van der Waals surface area contributed by atoms with E-state index in [2.05, 4.69) is 54.8 Å². The van der Waals surface area contributed by atoms with E-state index in [-0.39, 0.29) is 19.4 Å². The van der Waals surface area contributed by atoms with Gasteiger partial charge in [0.2, 0.25) is 0 Å². The first kappa shape index (κ1) is 56.7. The van der Waals surface area contributed by atoms with E-state index in [0.29, 0.717) is 12.8 Å². The van der Waals surface area contributed by atoms with Crippen molar-refractivity contribution in [2.45, 2.75) is 225 Å². The third kappa shape index (κ3) is 42.2. The maximum atomic E-state index is 12.7. The lowest BCUT2D eigenvalue weighted by molar-refractivity contribution is -0.161. The van der Waals surface area contributed by atoms with Crippen molar-refractivity contribution in [3.05, 3.63) is 36.5 Å². The Hall–Kier alpha value is -2.30. The van der Waals surface area contributed by atoms with Gasteiger partial charge in [0.25, 0.3) is 0 Å². The minimum Gasteiger partial charge on any atom is -0.480 e. The van der Waals surface area contributed by atoms with Gasteiger partial charge in [-0.25, -0.2) is 4.57 Å². The van der Waals surface area contributed by atoms with Crippen molar-refractivity contribution in [2.75, 3.05) is 19.8 Å². The summed E-state index contributed by atoms with van der Waals surface area (Å²) in [4.78, 5) is 46.0. The van der Waals surface area contributed by atoms with Crippen LogP contribution in [0.15, 0.2) is 36.5 Å². The molecule has 0 fully saturated rings. The Kier molecular flexibility index (Phi) is 40.7. The van der Waals surface area contributed by atoms with E-state index in [0.717, 1.165) is 64.2 Å². The predicted octanol–water partition coefficient (Wildman–Crippen LogP) is 12.8. The first-order chi connectivity index (χ1) is 28.6. The van der Waals surface area contributed by atoms with E-state index in [9.17, 15) is 23.8 Å². The normalized spacial score (nSPS) is 14.0. The number of aliphatic carboxylic acids is 1. The van der Waals surface area contributed by atoms with Gasteiger partial charge >= 0.3 is 25.7 Å². The predicted molar refractivity (Wildman–Crippen MR) is 240 cm³/mol. The highest BCUT2D eigenvalue weighted by molar-refractivity contribution is 7.47. The molecule has 12 heteroatoms. The van der Waals surface area contributed by atoms with Gasteiger partial charge in [-0.05, 0) is 70.6 Å². The summed E-state index contributed by atoms with van der Waals surface area (Å²) in [6.07, 6.45) is 46.4. The van der Waals surface area contributed by atoms with Crippen molar-refractivity contribution in [1.82, 2.24) is 0 Å². The summed E-state index contributed by atoms with van der Waals surface area (Å²) in [5.74, 6) is -2.39. The van der Waals surface area contributed by atoms with Crippen LogP contribution in [0.4, 0.5) is 0 Å². The number of carbonyl (C=O) groups is 3. The van der Waals surface area contributed by atoms with Crippen LogP contribution in [0.5, 0.6) is 0 Å². The van der Waals surface area contributed by atoms with Gasteiger partial charge in [0, 0.05) is 12.8 Å². The molecule has 0 spiro atoms. The molecule has 0 saturated carbocycles. The molecule has 0 aliphatic rings. The quantitative estimate of drug-likeness (QED) is 0.0230. The topological polar surface area (TPSA) is 172 Å². The second-order valence-electron chi connectivity index (χ2n) is 15.9. The number of esters is 2. The molecule has 3 unspecified atom stereocenters. The Labute approximate surface area is 359 Å². The van der Waals surface area contributed by atoms with Crippen molar-refractivity contribution in [3.8, 4) is 0 Å². The molecule has 59 heavy (non-hydrogen) atoms. The average molecular weight is 856 g/mol. The molecule has 0 aromatic carbocycles. The van der Waals surface area contributed by atoms with Crippen LogP contribution >= 0.6 is 7.82 Å². The summed E-state index contributed by atoms with van der Waals surface area (Å²) in [5.41, 5.74) is 5.34. The summed E-state index contributed by atoms with van der Waals surface area (Å²) in [6, 6.07) is -1.52. The maximum absolute atomic E-state index is 12.7. The minimum absolute atomic E-state index is 0.158. The molecule has 0 aliphatic carbocycles. The summed E-state index contributed by atoms with van der Waals surface area (Å²) >= 11 is 0. The zero-order chi connectivity index (χ0) is 43.5. The third-order valence-electron chi connectivity index (χ3n) is 10.1. The van der Waals surface area contributed by atoms with Crippen LogP contribution in [-0.2, 0) is 37.5 Å². The molecule has 0 radical (unpaired) electrons. The molecule has 3 atom stereocenters. The van der Waals surface area contributed by atoms with Gasteiger partial charge in [0.1, 0.15) is 12.6 Å². The maximum Gasteiger partial charge on any atom is 0.472 e. The number of ether oxygens (including phenoxy) is 2. The summed E-state index contributed by atoms with van der Waals surface area (Å²) in [5, 5.41) is 8.90. The second kappa shape index (κ2) is 42.4. The van der Waals surface area contributed by atoms with Gasteiger partial charge in [-0.15, -0.1) is 0 Å². The molecule has 0 bridgehead atoms. The fourth-order valence-corrected chi connectivity index (χ4v) is 7.16. The van der Waals surface area contributed by atoms with Crippen LogP contribution in [0.25, 0.3) is 0 Å². The Morgan fingerprint density at radius 3 is 1.37 bits per heavy atom. The van der Waals surface area contributed by atoms with Crippen LogP contribution in [0.3, 0.4) is 0 Å². The van der Waals surface area contributed by atoms with Crippen LogP contribution in [0.2, 0.25) is 0 Å². The number of hydrogen-bond donors (Lipinski definition) is 3. The molecule has 344 valence electrons. The lowest BCUT2D eigenvalue weighted by Gasteiger charge is -2.20.